The molecule has 1 fully saturated rings. The second-order valence-corrected chi connectivity index (χ2v) is 5.02. The molecular formula is C14H14N4O2. The molecule has 0 amide bonds. The summed E-state index contributed by atoms with van der Waals surface area (Å²) in [6.07, 6.45) is 5.92. The first-order valence-electron chi connectivity index (χ1n) is 6.65. The Morgan fingerprint density at radius 1 is 1.40 bits per heavy atom. The van der Waals surface area contributed by atoms with Gasteiger partial charge in [0.1, 0.15) is 17.4 Å². The van der Waals surface area contributed by atoms with Gasteiger partial charge in [-0.05, 0) is 30.9 Å². The van der Waals surface area contributed by atoms with Gasteiger partial charge in [-0.2, -0.15) is 4.98 Å². The van der Waals surface area contributed by atoms with E-state index in [0.717, 1.165) is 24.2 Å². The number of rotatable bonds is 4. The molecule has 0 aliphatic heterocycles. The van der Waals surface area contributed by atoms with Crippen LogP contribution >= 0.6 is 0 Å². The number of fused-ring (bicyclic) bond motifs is 1. The average Bonchev–Trinajstić information content (AvgIpc) is 3.03. The Hall–Kier alpha value is -2.21. The Morgan fingerprint density at radius 3 is 3.10 bits per heavy atom. The summed E-state index contributed by atoms with van der Waals surface area (Å²) in [5.41, 5.74) is 1.68. The van der Waals surface area contributed by atoms with Gasteiger partial charge < -0.3 is 9.26 Å². The highest BCUT2D eigenvalue weighted by molar-refractivity contribution is 5.56. The van der Waals surface area contributed by atoms with Crippen LogP contribution in [0.2, 0.25) is 0 Å². The highest BCUT2D eigenvalue weighted by Gasteiger charge is 2.36. The van der Waals surface area contributed by atoms with Crippen molar-refractivity contribution < 1.29 is 9.26 Å². The quantitative estimate of drug-likeness (QED) is 0.728. The first-order chi connectivity index (χ1) is 9.86. The second kappa shape index (κ2) is 4.42. The van der Waals surface area contributed by atoms with Gasteiger partial charge in [-0.15, -0.1) is 0 Å². The molecule has 6 nitrogen and oxygen atoms in total. The van der Waals surface area contributed by atoms with Crippen LogP contribution in [0.5, 0.6) is 0 Å². The number of hydrogen-bond donors (Lipinski definition) is 0. The third kappa shape index (κ3) is 1.80. The van der Waals surface area contributed by atoms with Crippen LogP contribution in [0.3, 0.4) is 0 Å². The molecule has 1 saturated carbocycles. The molecule has 0 spiro atoms. The van der Waals surface area contributed by atoms with Crippen molar-refractivity contribution >= 4 is 5.65 Å². The fraction of sp³-hybridized carbons (Fsp3) is 0.357. The van der Waals surface area contributed by atoms with Crippen molar-refractivity contribution in [3.63, 3.8) is 0 Å². The van der Waals surface area contributed by atoms with E-state index in [1.807, 2.05) is 28.8 Å². The minimum atomic E-state index is -0.0876. The number of nitrogens with zero attached hydrogens (tertiary/aromatic N) is 4. The van der Waals surface area contributed by atoms with Crippen LogP contribution in [0.1, 0.15) is 24.8 Å². The number of imidazole rings is 1. The number of pyridine rings is 1. The lowest BCUT2D eigenvalue weighted by molar-refractivity contribution is 0.0561. The van der Waals surface area contributed by atoms with Crippen LogP contribution in [0.25, 0.3) is 17.2 Å². The van der Waals surface area contributed by atoms with E-state index in [4.69, 9.17) is 9.26 Å². The standard InChI is InChI=1S/C14H14N4O2/c1-19-12(9-5-6-9)14-16-13(17-20-14)10-8-15-11-4-2-3-7-18(10)11/h2-4,7-9,12H,5-6H2,1H3. The molecule has 0 aromatic carbocycles. The zero-order valence-electron chi connectivity index (χ0n) is 11.1. The number of ether oxygens (including phenoxy) is 1. The summed E-state index contributed by atoms with van der Waals surface area (Å²) in [7, 11) is 1.68. The number of methoxy groups -OCH3 is 1. The van der Waals surface area contributed by atoms with Gasteiger partial charge in [-0.3, -0.25) is 4.40 Å². The molecule has 1 unspecified atom stereocenters. The van der Waals surface area contributed by atoms with Crippen molar-refractivity contribution in [2.75, 3.05) is 7.11 Å². The molecule has 102 valence electrons. The van der Waals surface area contributed by atoms with Crippen molar-refractivity contribution in [1.29, 1.82) is 0 Å². The van der Waals surface area contributed by atoms with E-state index in [9.17, 15) is 0 Å². The van der Waals surface area contributed by atoms with E-state index < -0.39 is 0 Å². The SMILES string of the molecule is COC(c1nc(-c2cnc3ccccn23)no1)C1CC1. The van der Waals surface area contributed by atoms with E-state index in [1.165, 1.54) is 0 Å². The molecule has 1 aliphatic rings. The molecule has 0 bridgehead atoms. The summed E-state index contributed by atoms with van der Waals surface area (Å²) < 4.78 is 12.8. The van der Waals surface area contributed by atoms with Gasteiger partial charge in [0, 0.05) is 13.3 Å². The van der Waals surface area contributed by atoms with Crippen LogP contribution in [-0.4, -0.2) is 26.6 Å². The summed E-state index contributed by atoms with van der Waals surface area (Å²) in [4.78, 5) is 8.80. The minimum absolute atomic E-state index is 0.0876. The Labute approximate surface area is 115 Å². The van der Waals surface area contributed by atoms with Gasteiger partial charge in [0.25, 0.3) is 5.89 Å². The maximum absolute atomic E-state index is 5.46. The molecule has 3 aromatic rings. The Balaban J connectivity index is 1.74. The smallest absolute Gasteiger partial charge is 0.256 e. The van der Waals surface area contributed by atoms with E-state index in [1.54, 1.807) is 13.3 Å². The molecule has 3 aromatic heterocycles. The third-order valence-corrected chi connectivity index (χ3v) is 3.64. The largest absolute Gasteiger partial charge is 0.371 e. The van der Waals surface area contributed by atoms with Crippen molar-refractivity contribution in [3.05, 3.63) is 36.5 Å². The molecule has 0 N–H and O–H groups in total. The third-order valence-electron chi connectivity index (χ3n) is 3.64. The zero-order valence-corrected chi connectivity index (χ0v) is 11.1. The predicted molar refractivity (Wildman–Crippen MR) is 71.0 cm³/mol. The van der Waals surface area contributed by atoms with E-state index in [-0.39, 0.29) is 6.10 Å². The maximum atomic E-state index is 5.46. The molecular weight excluding hydrogens is 256 g/mol. The molecule has 6 heteroatoms. The highest BCUT2D eigenvalue weighted by Crippen LogP contribution is 2.42. The predicted octanol–water partition coefficient (Wildman–Crippen LogP) is 2.48. The van der Waals surface area contributed by atoms with Crippen molar-refractivity contribution in [3.8, 4) is 11.5 Å². The Morgan fingerprint density at radius 2 is 2.30 bits per heavy atom. The molecule has 4 rings (SSSR count). The monoisotopic (exact) mass is 270 g/mol. The van der Waals surface area contributed by atoms with Gasteiger partial charge >= 0.3 is 0 Å². The maximum Gasteiger partial charge on any atom is 0.256 e. The van der Waals surface area contributed by atoms with E-state index in [2.05, 4.69) is 15.1 Å². The van der Waals surface area contributed by atoms with Crippen molar-refractivity contribution in [2.45, 2.75) is 18.9 Å². The Bertz CT molecular complexity index is 744. The summed E-state index contributed by atoms with van der Waals surface area (Å²) in [5, 5.41) is 4.06. The highest BCUT2D eigenvalue weighted by atomic mass is 16.5. The summed E-state index contributed by atoms with van der Waals surface area (Å²) in [5.74, 6) is 1.60. The fourth-order valence-corrected chi connectivity index (χ4v) is 2.45. The molecule has 1 atom stereocenters. The van der Waals surface area contributed by atoms with Crippen LogP contribution in [0.4, 0.5) is 0 Å². The van der Waals surface area contributed by atoms with Gasteiger partial charge in [0.15, 0.2) is 0 Å². The zero-order chi connectivity index (χ0) is 13.5. The van der Waals surface area contributed by atoms with Crippen LogP contribution in [0.15, 0.2) is 35.1 Å². The van der Waals surface area contributed by atoms with Crippen molar-refractivity contribution in [1.82, 2.24) is 19.5 Å². The van der Waals surface area contributed by atoms with Crippen molar-refractivity contribution in [2.24, 2.45) is 5.92 Å². The summed E-state index contributed by atoms with van der Waals surface area (Å²) in [6.45, 7) is 0. The number of hydrogen-bond acceptors (Lipinski definition) is 5. The lowest BCUT2D eigenvalue weighted by Gasteiger charge is -2.07. The molecule has 0 saturated heterocycles. The van der Waals surface area contributed by atoms with Gasteiger partial charge in [-0.25, -0.2) is 4.98 Å². The second-order valence-electron chi connectivity index (χ2n) is 5.02. The molecule has 20 heavy (non-hydrogen) atoms. The van der Waals surface area contributed by atoms with E-state index in [0.29, 0.717) is 17.6 Å². The van der Waals surface area contributed by atoms with Crippen LogP contribution in [0, 0.1) is 5.92 Å². The fourth-order valence-electron chi connectivity index (χ4n) is 2.45. The molecule has 1 aliphatic carbocycles. The average molecular weight is 270 g/mol. The molecule has 3 heterocycles. The van der Waals surface area contributed by atoms with Gasteiger partial charge in [-0.1, -0.05) is 11.2 Å². The molecule has 0 radical (unpaired) electrons. The van der Waals surface area contributed by atoms with Crippen LogP contribution < -0.4 is 0 Å². The van der Waals surface area contributed by atoms with E-state index >= 15 is 0 Å². The normalized spacial score (nSPS) is 16.6. The van der Waals surface area contributed by atoms with Gasteiger partial charge in [0.05, 0.1) is 6.20 Å². The summed E-state index contributed by atoms with van der Waals surface area (Å²) in [6, 6.07) is 5.83. The topological polar surface area (TPSA) is 65.5 Å². The Kier molecular flexibility index (Phi) is 2.56. The first kappa shape index (κ1) is 11.6. The summed E-state index contributed by atoms with van der Waals surface area (Å²) >= 11 is 0. The number of aromatic nitrogens is 4. The van der Waals surface area contributed by atoms with Crippen LogP contribution in [-0.2, 0) is 4.74 Å². The van der Waals surface area contributed by atoms with Gasteiger partial charge in [0.2, 0.25) is 5.82 Å². The lowest BCUT2D eigenvalue weighted by Crippen LogP contribution is -2.04. The lowest BCUT2D eigenvalue weighted by atomic mass is 10.2. The first-order valence-corrected chi connectivity index (χ1v) is 6.65. The minimum Gasteiger partial charge on any atom is -0.371 e.